The van der Waals surface area contributed by atoms with E-state index in [0.717, 1.165) is 28.0 Å². The van der Waals surface area contributed by atoms with Gasteiger partial charge in [0.05, 0.1) is 11.6 Å². The van der Waals surface area contributed by atoms with E-state index in [0.29, 0.717) is 26.1 Å². The van der Waals surface area contributed by atoms with E-state index < -0.39 is 17.4 Å². The molecule has 3 aromatic carbocycles. The van der Waals surface area contributed by atoms with Crippen molar-refractivity contribution < 1.29 is 23.8 Å². The predicted molar refractivity (Wildman–Crippen MR) is 166 cm³/mol. The lowest BCUT2D eigenvalue weighted by Gasteiger charge is -2.43. The van der Waals surface area contributed by atoms with Gasteiger partial charge in [-0.05, 0) is 68.0 Å². The van der Waals surface area contributed by atoms with Gasteiger partial charge in [0.25, 0.3) is 0 Å². The van der Waals surface area contributed by atoms with E-state index >= 15 is 4.39 Å². The Morgan fingerprint density at radius 2 is 1.77 bits per heavy atom. The number of nitrogens with zero attached hydrogens (tertiary/aromatic N) is 3. The average Bonchev–Trinajstić information content (AvgIpc) is 2.98. The summed E-state index contributed by atoms with van der Waals surface area (Å²) in [6, 6.07) is 25.1. The van der Waals surface area contributed by atoms with Gasteiger partial charge in [0.2, 0.25) is 0 Å². The van der Waals surface area contributed by atoms with Crippen LogP contribution in [0.25, 0.3) is 10.8 Å². The number of carbonyl (C=O) groups is 2. The summed E-state index contributed by atoms with van der Waals surface area (Å²) in [6.07, 6.45) is 1.49. The molecule has 1 aliphatic heterocycles. The number of pyridine rings is 1. The van der Waals surface area contributed by atoms with Gasteiger partial charge in [-0.25, -0.2) is 19.0 Å². The van der Waals surface area contributed by atoms with Crippen LogP contribution in [-0.4, -0.2) is 52.3 Å². The minimum atomic E-state index is -1.22. The van der Waals surface area contributed by atoms with Crippen LogP contribution < -0.4 is 4.90 Å². The predicted octanol–water partition coefficient (Wildman–Crippen LogP) is 7.68. The molecule has 0 bridgehead atoms. The second-order valence-electron chi connectivity index (χ2n) is 12.2. The van der Waals surface area contributed by atoms with Crippen LogP contribution in [0.4, 0.5) is 15.0 Å². The second kappa shape index (κ2) is 12.4. The summed E-state index contributed by atoms with van der Waals surface area (Å²) in [5.41, 5.74) is 1.27. The minimum Gasteiger partial charge on any atom is -0.478 e. The summed E-state index contributed by atoms with van der Waals surface area (Å²) in [5.74, 6) is -1.74. The fraction of sp³-hybridized carbons (Fsp3) is 0.343. The van der Waals surface area contributed by atoms with Crippen molar-refractivity contribution in [3.8, 4) is 0 Å². The first-order valence-electron chi connectivity index (χ1n) is 14.7. The minimum absolute atomic E-state index is 0.0417. The molecule has 7 nitrogen and oxygen atoms in total. The Balaban J connectivity index is 1.49. The summed E-state index contributed by atoms with van der Waals surface area (Å²) in [6.45, 7) is 9.07. The monoisotopic (exact) mass is 583 g/mol. The van der Waals surface area contributed by atoms with Crippen molar-refractivity contribution in [2.24, 2.45) is 5.92 Å². The molecule has 0 aliphatic carbocycles. The van der Waals surface area contributed by atoms with Crippen LogP contribution in [0, 0.1) is 11.7 Å². The van der Waals surface area contributed by atoms with Crippen LogP contribution in [0.15, 0.2) is 85.1 Å². The highest BCUT2D eigenvalue weighted by molar-refractivity contribution is 5.87. The molecule has 8 heteroatoms. The molecule has 1 fully saturated rings. The summed E-state index contributed by atoms with van der Waals surface area (Å²) >= 11 is 0. The normalized spacial score (nSPS) is 17.8. The maximum absolute atomic E-state index is 15.1. The summed E-state index contributed by atoms with van der Waals surface area (Å²) in [4.78, 5) is 33.1. The van der Waals surface area contributed by atoms with Gasteiger partial charge in [0.1, 0.15) is 5.60 Å². The molecule has 2 unspecified atom stereocenters. The number of piperidine rings is 1. The molecule has 1 amide bonds. The maximum Gasteiger partial charge on any atom is 0.410 e. The van der Waals surface area contributed by atoms with Gasteiger partial charge < -0.3 is 19.6 Å². The molecule has 4 aromatic rings. The Kier molecular flexibility index (Phi) is 8.67. The van der Waals surface area contributed by atoms with Crippen molar-refractivity contribution >= 4 is 28.7 Å². The number of aromatic carboxylic acids is 1. The molecular weight excluding hydrogens is 545 g/mol. The van der Waals surface area contributed by atoms with Crippen LogP contribution in [0.1, 0.15) is 67.6 Å². The number of rotatable bonds is 7. The molecule has 43 heavy (non-hydrogen) atoms. The highest BCUT2D eigenvalue weighted by Gasteiger charge is 2.37. The van der Waals surface area contributed by atoms with E-state index in [1.807, 2.05) is 73.9 Å². The fourth-order valence-corrected chi connectivity index (χ4v) is 6.02. The first-order chi connectivity index (χ1) is 20.5. The van der Waals surface area contributed by atoms with E-state index in [9.17, 15) is 14.7 Å². The zero-order valence-electron chi connectivity index (χ0n) is 25.0. The van der Waals surface area contributed by atoms with Crippen molar-refractivity contribution in [1.82, 2.24) is 9.88 Å². The first-order valence-corrected chi connectivity index (χ1v) is 14.7. The third-order valence-corrected chi connectivity index (χ3v) is 8.15. The Labute approximate surface area is 251 Å². The lowest BCUT2D eigenvalue weighted by atomic mass is 9.80. The number of carbonyl (C=O) groups excluding carboxylic acids is 1. The molecule has 2 heterocycles. The maximum atomic E-state index is 15.1. The number of anilines is 1. The van der Waals surface area contributed by atoms with Crippen LogP contribution in [0.2, 0.25) is 0 Å². The molecule has 5 rings (SSSR count). The van der Waals surface area contributed by atoms with Crippen LogP contribution in [-0.2, 0) is 4.74 Å². The number of benzene rings is 3. The van der Waals surface area contributed by atoms with E-state index in [2.05, 4.69) is 41.4 Å². The molecule has 1 aromatic heterocycles. The van der Waals surface area contributed by atoms with Crippen molar-refractivity contribution in [1.29, 1.82) is 0 Å². The van der Waals surface area contributed by atoms with Crippen molar-refractivity contribution in [3.63, 3.8) is 0 Å². The summed E-state index contributed by atoms with van der Waals surface area (Å²) < 4.78 is 21.0. The topological polar surface area (TPSA) is 83.0 Å². The zero-order valence-corrected chi connectivity index (χ0v) is 25.0. The van der Waals surface area contributed by atoms with Gasteiger partial charge in [-0.3, -0.25) is 0 Å². The van der Waals surface area contributed by atoms with Gasteiger partial charge in [0.15, 0.2) is 11.6 Å². The largest absolute Gasteiger partial charge is 0.478 e. The Hall–Kier alpha value is -4.46. The molecule has 1 aliphatic rings. The SMILES string of the molecule is C[C@H](c1cccc2ccccc12)N(CC1CCN(c2ncc(C(=O)O)cc2F)CC1c1ccccc1)C(=O)OC(C)(C)C. The number of ether oxygens (including phenoxy) is 1. The smallest absolute Gasteiger partial charge is 0.410 e. The molecule has 3 atom stereocenters. The second-order valence-corrected chi connectivity index (χ2v) is 12.2. The molecule has 1 N–H and O–H groups in total. The third kappa shape index (κ3) is 6.79. The molecule has 224 valence electrons. The van der Waals surface area contributed by atoms with Crippen molar-refractivity contribution in [2.75, 3.05) is 24.5 Å². The molecule has 0 radical (unpaired) electrons. The number of hydrogen-bond donors (Lipinski definition) is 1. The van der Waals surface area contributed by atoms with Crippen molar-refractivity contribution in [3.05, 3.63) is 108 Å². The summed E-state index contributed by atoms with van der Waals surface area (Å²) in [5, 5.41) is 11.5. The van der Waals surface area contributed by atoms with Gasteiger partial charge in [-0.15, -0.1) is 0 Å². The Bertz CT molecular complexity index is 1600. The quantitative estimate of drug-likeness (QED) is 0.240. The van der Waals surface area contributed by atoms with Crippen molar-refractivity contribution in [2.45, 2.75) is 51.7 Å². The lowest BCUT2D eigenvalue weighted by molar-refractivity contribution is 0.0120. The molecule has 0 saturated carbocycles. The van der Waals surface area contributed by atoms with Gasteiger partial charge in [0, 0.05) is 31.7 Å². The number of hydrogen-bond acceptors (Lipinski definition) is 5. The van der Waals surface area contributed by atoms with E-state index in [-0.39, 0.29) is 35.4 Å². The van der Waals surface area contributed by atoms with Crippen LogP contribution >= 0.6 is 0 Å². The zero-order chi connectivity index (χ0) is 30.7. The highest BCUT2D eigenvalue weighted by atomic mass is 19.1. The standard InChI is InChI=1S/C35H38FN3O4/c1-23(28-16-10-14-24-13-8-9-15-29(24)28)39(34(42)43-35(2,3)4)21-26-17-18-38(22-30(26)25-11-6-5-7-12-25)32-31(36)19-27(20-37-32)33(40)41/h5-16,19-20,23,26,30H,17-18,21-22H2,1-4H3,(H,40,41)/t23-,26?,30?/m1/s1. The molecule has 0 spiro atoms. The van der Waals surface area contributed by atoms with E-state index in [4.69, 9.17) is 4.74 Å². The average molecular weight is 584 g/mol. The Morgan fingerprint density at radius 1 is 1.07 bits per heavy atom. The lowest BCUT2D eigenvalue weighted by Crippen LogP contribution is -2.47. The van der Waals surface area contributed by atoms with Gasteiger partial charge >= 0.3 is 12.1 Å². The van der Waals surface area contributed by atoms with E-state index in [1.54, 1.807) is 0 Å². The number of aromatic nitrogens is 1. The van der Waals surface area contributed by atoms with Crippen LogP contribution in [0.3, 0.4) is 0 Å². The first kappa shape index (κ1) is 30.0. The number of carboxylic acid groups (broad SMARTS) is 1. The van der Waals surface area contributed by atoms with Gasteiger partial charge in [-0.1, -0.05) is 72.8 Å². The number of halogens is 1. The Morgan fingerprint density at radius 3 is 2.47 bits per heavy atom. The number of carboxylic acids is 1. The number of fused-ring (bicyclic) bond motifs is 1. The highest BCUT2D eigenvalue weighted by Crippen LogP contribution is 2.38. The van der Waals surface area contributed by atoms with Gasteiger partial charge in [-0.2, -0.15) is 0 Å². The van der Waals surface area contributed by atoms with Crippen LogP contribution in [0.5, 0.6) is 0 Å². The third-order valence-electron chi connectivity index (χ3n) is 8.15. The number of amides is 1. The molecular formula is C35H38FN3O4. The fourth-order valence-electron chi connectivity index (χ4n) is 6.02. The van der Waals surface area contributed by atoms with E-state index in [1.165, 1.54) is 6.20 Å². The molecule has 1 saturated heterocycles. The summed E-state index contributed by atoms with van der Waals surface area (Å²) in [7, 11) is 0.